The topological polar surface area (TPSA) is 278 Å². The van der Waals surface area contributed by atoms with Crippen LogP contribution < -0.4 is 11.4 Å². The molecular formula is C54H83N3O16P2. The zero-order valence-corrected chi connectivity index (χ0v) is 45.5. The van der Waals surface area contributed by atoms with Gasteiger partial charge in [-0.05, 0) is 89.5 Å². The van der Waals surface area contributed by atoms with E-state index in [-0.39, 0.29) is 18.7 Å². The molecule has 75 heavy (non-hydrogen) atoms. The van der Waals surface area contributed by atoms with Crippen molar-refractivity contribution in [1.29, 1.82) is 0 Å². The van der Waals surface area contributed by atoms with Crippen LogP contribution in [0.3, 0.4) is 0 Å². The van der Waals surface area contributed by atoms with Gasteiger partial charge in [0.05, 0.1) is 25.4 Å². The third kappa shape index (κ3) is 30.2. The van der Waals surface area contributed by atoms with Crippen LogP contribution in [0.25, 0.3) is 0 Å². The smallest absolute Gasteiger partial charge is 0.462 e. The molecule has 2 aliphatic heterocycles. The standard InChI is InChI=1S/C54H83N3O16P2/c1-3-5-7-8-9-10-11-12-13-14-15-16-17-18-19-24-27-30-34-38-50(59)70-44(41-67-49(58)37-33-29-26-23-21-20-22-25-28-32-36-46-45(71-46)35-31-6-4-2)42-68-74(63,64)73-75(65,66)69-43-47-51(60)52(61)53(72-47)57-40-39-48(55)56-54(57)62/h9-10,12-13,15-16,18-20,22-23,26-28,30,32,39-40,44-47,51-53,60-61H,3-8,11,14,17,21,24-25,29,31,33-38,41-43H2,1-2H3,(H,63,64)(H,65,66)(H2,55,56,62)/b10-9-,13-12-,16-15-,19-18-,22-20-,26-23-,30-27-,32-28-/t44-,45?,46?,47-,51-,52-,53-/m1/s1. The van der Waals surface area contributed by atoms with Gasteiger partial charge in [-0.25, -0.2) is 13.9 Å². The van der Waals surface area contributed by atoms with Crippen molar-refractivity contribution in [2.75, 3.05) is 25.6 Å². The van der Waals surface area contributed by atoms with Crippen LogP contribution in [0.2, 0.25) is 0 Å². The summed E-state index contributed by atoms with van der Waals surface area (Å²) >= 11 is 0. The van der Waals surface area contributed by atoms with Gasteiger partial charge in [-0.1, -0.05) is 143 Å². The average Bonchev–Trinajstić information content (AvgIpc) is 4.06. The van der Waals surface area contributed by atoms with Gasteiger partial charge in [-0.15, -0.1) is 0 Å². The number of rotatable bonds is 41. The van der Waals surface area contributed by atoms with E-state index in [2.05, 4.69) is 83.9 Å². The van der Waals surface area contributed by atoms with E-state index in [1.54, 1.807) is 6.08 Å². The molecule has 2 saturated heterocycles. The molecule has 0 amide bonds. The minimum Gasteiger partial charge on any atom is -0.462 e. The molecule has 0 aliphatic carbocycles. The molecule has 0 radical (unpaired) electrons. The minimum absolute atomic E-state index is 0.0261. The van der Waals surface area contributed by atoms with Crippen molar-refractivity contribution in [3.05, 3.63) is 120 Å². The molecule has 1 aromatic rings. The van der Waals surface area contributed by atoms with Crippen LogP contribution in [0.1, 0.15) is 148 Å². The summed E-state index contributed by atoms with van der Waals surface area (Å²) in [5.74, 6) is -1.48. The van der Waals surface area contributed by atoms with Gasteiger partial charge < -0.3 is 44.7 Å². The Labute approximate surface area is 443 Å². The Morgan fingerprint density at radius 1 is 0.667 bits per heavy atom. The maximum Gasteiger partial charge on any atom is 0.481 e. The van der Waals surface area contributed by atoms with Crippen LogP contribution in [0.4, 0.5) is 5.82 Å². The van der Waals surface area contributed by atoms with Gasteiger partial charge in [0, 0.05) is 19.0 Å². The fourth-order valence-electron chi connectivity index (χ4n) is 7.38. The highest BCUT2D eigenvalue weighted by atomic mass is 31.3. The van der Waals surface area contributed by atoms with Gasteiger partial charge in [0.15, 0.2) is 12.3 Å². The number of allylic oxidation sites excluding steroid dienone is 15. The van der Waals surface area contributed by atoms with Crippen LogP contribution in [-0.4, -0.2) is 97.9 Å². The molecule has 3 rings (SSSR count). The monoisotopic (exact) mass is 1090 g/mol. The van der Waals surface area contributed by atoms with Crippen LogP contribution in [0.5, 0.6) is 0 Å². The Bertz CT molecular complexity index is 2210. The molecule has 2 fully saturated rings. The number of nitrogens with zero attached hydrogens (tertiary/aromatic N) is 2. The third-order valence-corrected chi connectivity index (χ3v) is 14.2. The number of unbranched alkanes of at least 4 members (excludes halogenated alkanes) is 6. The minimum atomic E-state index is -5.46. The average molecular weight is 1090 g/mol. The van der Waals surface area contributed by atoms with Crippen molar-refractivity contribution in [3.8, 4) is 0 Å². The predicted molar refractivity (Wildman–Crippen MR) is 288 cm³/mol. The highest BCUT2D eigenvalue weighted by Gasteiger charge is 2.46. The highest BCUT2D eigenvalue weighted by Crippen LogP contribution is 2.60. The number of epoxide rings is 1. The number of phosphoric acid groups is 2. The molecule has 3 heterocycles. The number of phosphoric ester groups is 2. The Hall–Kier alpha value is -4.36. The second-order valence-electron chi connectivity index (χ2n) is 18.1. The van der Waals surface area contributed by atoms with Crippen molar-refractivity contribution in [2.24, 2.45) is 0 Å². The molecule has 1 aromatic heterocycles. The van der Waals surface area contributed by atoms with Crippen LogP contribution in [0.15, 0.2) is 114 Å². The first kappa shape index (κ1) is 64.9. The number of nitrogen functional groups attached to an aromatic ring is 1. The summed E-state index contributed by atoms with van der Waals surface area (Å²) in [6, 6.07) is 1.24. The summed E-state index contributed by atoms with van der Waals surface area (Å²) in [6.45, 7) is 1.96. The lowest BCUT2D eigenvalue weighted by Crippen LogP contribution is -2.36. The van der Waals surface area contributed by atoms with E-state index in [0.717, 1.165) is 62.1 Å². The number of carbonyl (C=O) groups excluding carboxylic acids is 2. The summed E-state index contributed by atoms with van der Waals surface area (Å²) in [5.41, 5.74) is 4.58. The summed E-state index contributed by atoms with van der Waals surface area (Å²) in [6.07, 6.45) is 44.0. The summed E-state index contributed by atoms with van der Waals surface area (Å²) in [5, 5.41) is 20.9. The summed E-state index contributed by atoms with van der Waals surface area (Å²) < 4.78 is 62.4. The normalized spacial score (nSPS) is 22.3. The van der Waals surface area contributed by atoms with E-state index >= 15 is 0 Å². The molecule has 19 nitrogen and oxygen atoms in total. The zero-order chi connectivity index (χ0) is 54.6. The Kier molecular flexibility index (Phi) is 33.1. The second kappa shape index (κ2) is 38.2. The largest absolute Gasteiger partial charge is 0.481 e. The van der Waals surface area contributed by atoms with Gasteiger partial charge in [0.1, 0.15) is 30.7 Å². The van der Waals surface area contributed by atoms with E-state index in [9.17, 15) is 43.5 Å². The Balaban J connectivity index is 1.43. The van der Waals surface area contributed by atoms with Gasteiger partial charge >= 0.3 is 33.3 Å². The second-order valence-corrected chi connectivity index (χ2v) is 21.1. The van der Waals surface area contributed by atoms with Crippen molar-refractivity contribution in [1.82, 2.24) is 9.55 Å². The van der Waals surface area contributed by atoms with Crippen molar-refractivity contribution in [3.63, 3.8) is 0 Å². The van der Waals surface area contributed by atoms with Crippen LogP contribution in [0, 0.1) is 0 Å². The lowest BCUT2D eigenvalue weighted by Gasteiger charge is -2.21. The number of esters is 2. The Morgan fingerprint density at radius 2 is 1.21 bits per heavy atom. The van der Waals surface area contributed by atoms with E-state index < -0.39 is 83.7 Å². The quantitative estimate of drug-likeness (QED) is 0.0134. The van der Waals surface area contributed by atoms with Crippen LogP contribution in [-0.2, 0) is 51.0 Å². The predicted octanol–water partition coefficient (Wildman–Crippen LogP) is 10.2. The number of hydrogen-bond donors (Lipinski definition) is 5. The molecule has 2 aliphatic rings. The zero-order valence-electron chi connectivity index (χ0n) is 43.8. The fourth-order valence-corrected chi connectivity index (χ4v) is 9.49. The SMILES string of the molecule is CCCCC/C=C\C/C=C\C/C=C\C/C=C\C/C=C\CCC(=O)O[C@H](COC(=O)CCC/C=C\C/C=C\C/C=C\CC1OC1CCCCC)COP(=O)(O)OP(=O)(O)OC[C@H]1O[C@@H](n2ccc(N)nc2=O)[C@H](O)[C@@H]1O. The summed E-state index contributed by atoms with van der Waals surface area (Å²) in [4.78, 5) is 61.9. The fraction of sp³-hybridized carbons (Fsp3) is 0.593. The first-order valence-corrected chi connectivity index (χ1v) is 29.4. The number of ether oxygens (including phenoxy) is 4. The number of carbonyl (C=O) groups is 2. The lowest BCUT2D eigenvalue weighted by molar-refractivity contribution is -0.161. The number of aromatic nitrogens is 2. The van der Waals surface area contributed by atoms with Crippen molar-refractivity contribution in [2.45, 2.75) is 185 Å². The molecule has 0 spiro atoms. The van der Waals surface area contributed by atoms with Crippen LogP contribution >= 0.6 is 15.6 Å². The molecule has 0 aromatic carbocycles. The molecule has 6 N–H and O–H groups in total. The van der Waals surface area contributed by atoms with Gasteiger partial charge in [-0.2, -0.15) is 9.29 Å². The molecular weight excluding hydrogens is 1010 g/mol. The van der Waals surface area contributed by atoms with E-state index in [4.69, 9.17) is 33.7 Å². The van der Waals surface area contributed by atoms with E-state index in [0.29, 0.717) is 37.9 Å². The maximum atomic E-state index is 12.9. The molecule has 0 saturated carbocycles. The van der Waals surface area contributed by atoms with Crippen molar-refractivity contribution < 1.29 is 71.0 Å². The number of anilines is 1. The molecule has 21 heteroatoms. The van der Waals surface area contributed by atoms with Crippen molar-refractivity contribution >= 4 is 33.4 Å². The summed E-state index contributed by atoms with van der Waals surface area (Å²) in [7, 11) is -10.9. The first-order chi connectivity index (χ1) is 36.1. The number of aliphatic hydroxyl groups is 2. The number of hydrogen-bond acceptors (Lipinski definition) is 16. The van der Waals surface area contributed by atoms with Gasteiger partial charge in [0.25, 0.3) is 0 Å². The molecule has 0 bridgehead atoms. The molecule has 420 valence electrons. The molecule has 9 atom stereocenters. The number of aliphatic hydroxyl groups excluding tert-OH is 2. The highest BCUT2D eigenvalue weighted by molar-refractivity contribution is 7.61. The lowest BCUT2D eigenvalue weighted by atomic mass is 10.1. The molecule has 4 unspecified atom stereocenters. The Morgan fingerprint density at radius 3 is 1.81 bits per heavy atom. The third-order valence-electron chi connectivity index (χ3n) is 11.6. The number of nitrogens with two attached hydrogens (primary N) is 1. The first-order valence-electron chi connectivity index (χ1n) is 26.4. The van der Waals surface area contributed by atoms with E-state index in [1.807, 2.05) is 30.4 Å². The van der Waals surface area contributed by atoms with Gasteiger partial charge in [-0.3, -0.25) is 23.2 Å². The maximum absolute atomic E-state index is 12.9. The van der Waals surface area contributed by atoms with Gasteiger partial charge in [0.2, 0.25) is 0 Å². The van der Waals surface area contributed by atoms with E-state index in [1.165, 1.54) is 44.6 Å².